The minimum Gasteiger partial charge on any atom is -0.444 e. The van der Waals surface area contributed by atoms with Gasteiger partial charge < -0.3 is 14.4 Å². The fraction of sp³-hybridized carbons (Fsp3) is 0.824. The second-order valence-corrected chi connectivity index (χ2v) is 6.14. The minimum atomic E-state index is -0.432. The molecule has 0 heterocycles. The van der Waals surface area contributed by atoms with Crippen molar-refractivity contribution in [3.63, 3.8) is 0 Å². The molecule has 0 aliphatic carbocycles. The van der Waals surface area contributed by atoms with Gasteiger partial charge in [-0.15, -0.1) is 0 Å². The molecule has 0 aromatic carbocycles. The van der Waals surface area contributed by atoms with Gasteiger partial charge in [0.25, 0.3) is 0 Å². The van der Waals surface area contributed by atoms with Gasteiger partial charge in [-0.25, -0.2) is 4.79 Å². The van der Waals surface area contributed by atoms with Crippen LogP contribution in [0.5, 0.6) is 0 Å². The zero-order valence-corrected chi connectivity index (χ0v) is 14.5. The van der Waals surface area contributed by atoms with Gasteiger partial charge >= 0.3 is 6.09 Å². The standard InChI is InChI=1S/C17H33NO3/c1-6-8-10-14-20-15-11-9-13-18(12-7-2)16(19)21-17(3,4)5/h6,8H,7,9-15H2,1-5H3. The Labute approximate surface area is 130 Å². The van der Waals surface area contributed by atoms with Gasteiger partial charge in [0.15, 0.2) is 0 Å². The van der Waals surface area contributed by atoms with E-state index in [0.29, 0.717) is 0 Å². The Hall–Kier alpha value is -1.03. The van der Waals surface area contributed by atoms with Crippen LogP contribution >= 0.6 is 0 Å². The fourth-order valence-corrected chi connectivity index (χ4v) is 1.82. The van der Waals surface area contributed by atoms with E-state index in [4.69, 9.17) is 9.47 Å². The predicted octanol–water partition coefficient (Wildman–Crippen LogP) is 4.40. The largest absolute Gasteiger partial charge is 0.444 e. The highest BCUT2D eigenvalue weighted by Crippen LogP contribution is 2.11. The molecule has 0 aliphatic heterocycles. The Morgan fingerprint density at radius 1 is 1.14 bits per heavy atom. The lowest BCUT2D eigenvalue weighted by molar-refractivity contribution is 0.0241. The number of ether oxygens (including phenoxy) is 2. The van der Waals surface area contributed by atoms with Crippen molar-refractivity contribution in [3.8, 4) is 0 Å². The maximum atomic E-state index is 12.1. The van der Waals surface area contributed by atoms with Gasteiger partial charge in [0.1, 0.15) is 5.60 Å². The monoisotopic (exact) mass is 299 g/mol. The first-order chi connectivity index (χ1) is 9.90. The van der Waals surface area contributed by atoms with Gasteiger partial charge in [-0.2, -0.15) is 0 Å². The lowest BCUT2D eigenvalue weighted by Crippen LogP contribution is -2.38. The summed E-state index contributed by atoms with van der Waals surface area (Å²) in [5.41, 5.74) is -0.432. The SMILES string of the molecule is CC=CCCOCCCCN(CCC)C(=O)OC(C)(C)C. The molecule has 0 aliphatic rings. The van der Waals surface area contributed by atoms with Crippen molar-refractivity contribution < 1.29 is 14.3 Å². The van der Waals surface area contributed by atoms with Crippen LogP contribution in [-0.2, 0) is 9.47 Å². The molecule has 0 bridgehead atoms. The molecular formula is C17H33NO3. The van der Waals surface area contributed by atoms with Crippen LogP contribution in [0.1, 0.15) is 60.3 Å². The van der Waals surface area contributed by atoms with Crippen LogP contribution in [-0.4, -0.2) is 42.9 Å². The average Bonchev–Trinajstić information content (AvgIpc) is 2.38. The number of carbonyl (C=O) groups excluding carboxylic acids is 1. The van der Waals surface area contributed by atoms with Gasteiger partial charge in [-0.05, 0) is 53.4 Å². The number of allylic oxidation sites excluding steroid dienone is 1. The normalized spacial score (nSPS) is 11.9. The van der Waals surface area contributed by atoms with Crippen molar-refractivity contribution in [2.75, 3.05) is 26.3 Å². The minimum absolute atomic E-state index is 0.210. The molecular weight excluding hydrogens is 266 g/mol. The number of unbranched alkanes of at least 4 members (excludes halogenated alkanes) is 1. The third-order valence-corrected chi connectivity index (χ3v) is 2.78. The van der Waals surface area contributed by atoms with Crippen molar-refractivity contribution in [2.45, 2.75) is 65.9 Å². The second-order valence-electron chi connectivity index (χ2n) is 6.14. The molecule has 124 valence electrons. The first-order valence-electron chi connectivity index (χ1n) is 8.07. The summed E-state index contributed by atoms with van der Waals surface area (Å²) in [6, 6.07) is 0. The number of amides is 1. The maximum Gasteiger partial charge on any atom is 0.410 e. The third-order valence-electron chi connectivity index (χ3n) is 2.78. The summed E-state index contributed by atoms with van der Waals surface area (Å²) in [6.45, 7) is 12.8. The molecule has 0 spiro atoms. The maximum absolute atomic E-state index is 12.1. The molecule has 0 aromatic heterocycles. The summed E-state index contributed by atoms with van der Waals surface area (Å²) < 4.78 is 11.0. The van der Waals surface area contributed by atoms with Crippen molar-refractivity contribution in [1.29, 1.82) is 0 Å². The molecule has 0 N–H and O–H groups in total. The molecule has 4 heteroatoms. The van der Waals surface area contributed by atoms with E-state index in [0.717, 1.165) is 52.0 Å². The molecule has 0 aromatic rings. The smallest absolute Gasteiger partial charge is 0.410 e. The number of rotatable bonds is 10. The summed E-state index contributed by atoms with van der Waals surface area (Å²) in [7, 11) is 0. The van der Waals surface area contributed by atoms with E-state index in [1.54, 1.807) is 4.90 Å². The van der Waals surface area contributed by atoms with Crippen molar-refractivity contribution >= 4 is 6.09 Å². The van der Waals surface area contributed by atoms with Crippen LogP contribution in [0.25, 0.3) is 0 Å². The molecule has 4 nitrogen and oxygen atoms in total. The molecule has 21 heavy (non-hydrogen) atoms. The van der Waals surface area contributed by atoms with Gasteiger partial charge in [0.2, 0.25) is 0 Å². The topological polar surface area (TPSA) is 38.8 Å². The van der Waals surface area contributed by atoms with Crippen molar-refractivity contribution in [3.05, 3.63) is 12.2 Å². The molecule has 0 atom stereocenters. The number of carbonyl (C=O) groups is 1. The zero-order chi connectivity index (χ0) is 16.1. The Morgan fingerprint density at radius 3 is 2.43 bits per heavy atom. The van der Waals surface area contributed by atoms with Crippen LogP contribution in [0, 0.1) is 0 Å². The molecule has 0 saturated carbocycles. The molecule has 0 saturated heterocycles. The first kappa shape index (κ1) is 20.0. The van der Waals surface area contributed by atoms with Crippen molar-refractivity contribution in [1.82, 2.24) is 4.90 Å². The molecule has 0 rings (SSSR count). The van der Waals surface area contributed by atoms with Crippen LogP contribution in [0.3, 0.4) is 0 Å². The third kappa shape index (κ3) is 12.4. The highest BCUT2D eigenvalue weighted by molar-refractivity contribution is 5.68. The summed E-state index contributed by atoms with van der Waals surface area (Å²) in [6.07, 6.45) is 7.76. The molecule has 0 fully saturated rings. The lowest BCUT2D eigenvalue weighted by Gasteiger charge is -2.27. The number of hydrogen-bond donors (Lipinski definition) is 0. The Bertz CT molecular complexity index is 295. The van der Waals surface area contributed by atoms with Crippen LogP contribution < -0.4 is 0 Å². The van der Waals surface area contributed by atoms with Gasteiger partial charge in [-0.3, -0.25) is 0 Å². The Morgan fingerprint density at radius 2 is 1.86 bits per heavy atom. The van der Waals surface area contributed by atoms with Crippen molar-refractivity contribution in [2.24, 2.45) is 0 Å². The summed E-state index contributed by atoms with van der Waals surface area (Å²) in [5.74, 6) is 0. The average molecular weight is 299 g/mol. The fourth-order valence-electron chi connectivity index (χ4n) is 1.82. The molecule has 0 radical (unpaired) electrons. The van der Waals surface area contributed by atoms with E-state index in [1.165, 1.54) is 0 Å². The zero-order valence-electron chi connectivity index (χ0n) is 14.5. The number of hydrogen-bond acceptors (Lipinski definition) is 3. The van der Waals surface area contributed by atoms with Crippen LogP contribution in [0.15, 0.2) is 12.2 Å². The van der Waals surface area contributed by atoms with E-state index in [1.807, 2.05) is 33.8 Å². The Kier molecular flexibility index (Phi) is 11.0. The van der Waals surface area contributed by atoms with E-state index < -0.39 is 5.60 Å². The van der Waals surface area contributed by atoms with Gasteiger partial charge in [0.05, 0.1) is 6.61 Å². The highest BCUT2D eigenvalue weighted by atomic mass is 16.6. The van der Waals surface area contributed by atoms with Gasteiger partial charge in [-0.1, -0.05) is 19.1 Å². The number of nitrogens with zero attached hydrogens (tertiary/aromatic N) is 1. The summed E-state index contributed by atoms with van der Waals surface area (Å²) in [5, 5.41) is 0. The van der Waals surface area contributed by atoms with E-state index in [2.05, 4.69) is 13.0 Å². The van der Waals surface area contributed by atoms with E-state index >= 15 is 0 Å². The molecule has 1 amide bonds. The summed E-state index contributed by atoms with van der Waals surface area (Å²) >= 11 is 0. The van der Waals surface area contributed by atoms with Gasteiger partial charge in [0, 0.05) is 19.7 Å². The van der Waals surface area contributed by atoms with Crippen LogP contribution in [0.4, 0.5) is 4.79 Å². The Balaban J connectivity index is 3.86. The first-order valence-corrected chi connectivity index (χ1v) is 8.07. The highest BCUT2D eigenvalue weighted by Gasteiger charge is 2.21. The quantitative estimate of drug-likeness (QED) is 0.443. The summed E-state index contributed by atoms with van der Waals surface area (Å²) in [4.78, 5) is 13.8. The van der Waals surface area contributed by atoms with Crippen LogP contribution in [0.2, 0.25) is 0 Å². The second kappa shape index (κ2) is 11.6. The van der Waals surface area contributed by atoms with E-state index in [-0.39, 0.29) is 6.09 Å². The van der Waals surface area contributed by atoms with E-state index in [9.17, 15) is 4.79 Å². The lowest BCUT2D eigenvalue weighted by atomic mass is 10.2. The predicted molar refractivity (Wildman–Crippen MR) is 87.6 cm³/mol. The molecule has 0 unspecified atom stereocenters.